The maximum absolute atomic E-state index is 13.4. The van der Waals surface area contributed by atoms with E-state index >= 15 is 0 Å². The number of hydrogen-bond donors (Lipinski definition) is 1. The van der Waals surface area contributed by atoms with Gasteiger partial charge in [0.05, 0.1) is 4.90 Å². The Bertz CT molecular complexity index is 802. The Morgan fingerprint density at radius 2 is 2.00 bits per heavy atom. The van der Waals surface area contributed by atoms with Gasteiger partial charge in [-0.15, -0.1) is 0 Å². The fourth-order valence-electron chi connectivity index (χ4n) is 3.45. The van der Waals surface area contributed by atoms with Gasteiger partial charge in [0.25, 0.3) is 0 Å². The van der Waals surface area contributed by atoms with Crippen LogP contribution in [0.15, 0.2) is 35.5 Å². The molecule has 0 bridgehead atoms. The van der Waals surface area contributed by atoms with Gasteiger partial charge < -0.3 is 5.32 Å². The minimum atomic E-state index is -3.57. The van der Waals surface area contributed by atoms with Gasteiger partial charge >= 0.3 is 0 Å². The molecule has 1 aliphatic rings. The first kappa shape index (κ1) is 16.4. The van der Waals surface area contributed by atoms with E-state index in [0.717, 1.165) is 29.3 Å². The highest BCUT2D eigenvalue weighted by molar-refractivity contribution is 7.89. The Hall–Kier alpha value is -1.50. The van der Waals surface area contributed by atoms with E-state index in [9.17, 15) is 8.42 Å². The largest absolute Gasteiger partial charge is 0.315 e. The third-order valence-corrected chi connectivity index (χ3v) is 6.71. The predicted octanol–water partition coefficient (Wildman–Crippen LogP) is 2.30. The molecule has 2 heterocycles. The molecular formula is C17H23N3O2S. The first-order chi connectivity index (χ1) is 10.9. The van der Waals surface area contributed by atoms with Crippen LogP contribution in [0.1, 0.15) is 25.8 Å². The van der Waals surface area contributed by atoms with Crippen LogP contribution < -0.4 is 5.32 Å². The Labute approximate surface area is 137 Å². The van der Waals surface area contributed by atoms with Gasteiger partial charge in [0.2, 0.25) is 10.0 Å². The predicted molar refractivity (Wildman–Crippen MR) is 91.9 cm³/mol. The van der Waals surface area contributed by atoms with Crippen molar-refractivity contribution in [2.75, 3.05) is 13.1 Å². The normalized spacial score (nSPS) is 23.8. The molecular weight excluding hydrogens is 310 g/mol. The number of fused-ring (bicyclic) bond motifs is 1. The molecule has 0 aliphatic carbocycles. The van der Waals surface area contributed by atoms with Crippen LogP contribution in [0.3, 0.4) is 0 Å². The van der Waals surface area contributed by atoms with Crippen molar-refractivity contribution in [2.45, 2.75) is 44.2 Å². The summed E-state index contributed by atoms with van der Waals surface area (Å²) in [5.41, 5.74) is 0.884. The average Bonchev–Trinajstić information content (AvgIpc) is 2.68. The number of rotatable bonds is 2. The van der Waals surface area contributed by atoms with Crippen LogP contribution in [0, 0.1) is 6.92 Å². The van der Waals surface area contributed by atoms with Gasteiger partial charge in [0.1, 0.15) is 0 Å². The van der Waals surface area contributed by atoms with E-state index in [1.165, 1.54) is 0 Å². The van der Waals surface area contributed by atoms with E-state index in [-0.39, 0.29) is 12.1 Å². The zero-order chi connectivity index (χ0) is 16.6. The summed E-state index contributed by atoms with van der Waals surface area (Å²) in [6, 6.07) is 5.31. The Balaban J connectivity index is 2.20. The number of aromatic nitrogens is 1. The van der Waals surface area contributed by atoms with Crippen molar-refractivity contribution in [3.8, 4) is 0 Å². The van der Waals surface area contributed by atoms with Gasteiger partial charge in [-0.25, -0.2) is 8.42 Å². The first-order valence-corrected chi connectivity index (χ1v) is 9.44. The molecule has 0 spiro atoms. The molecule has 1 saturated heterocycles. The second-order valence-electron chi connectivity index (χ2n) is 6.34. The molecule has 1 N–H and O–H groups in total. The molecule has 5 nitrogen and oxygen atoms in total. The summed E-state index contributed by atoms with van der Waals surface area (Å²) in [5, 5.41) is 4.95. The number of hydrogen-bond acceptors (Lipinski definition) is 4. The Morgan fingerprint density at radius 3 is 2.78 bits per heavy atom. The standard InChI is InChI=1S/C17H23N3O2S/c1-12-9-19-11-15-5-4-6-16(17(12)15)23(21,22)20-13(2)7-8-18-10-14(20)3/h4-6,9,11,13-14,18H,7-8,10H2,1-3H3. The SMILES string of the molecule is Cc1cncc2cccc(S(=O)(=O)N3C(C)CCNCC3C)c12. The summed E-state index contributed by atoms with van der Waals surface area (Å²) in [4.78, 5) is 4.56. The zero-order valence-electron chi connectivity index (χ0n) is 13.8. The maximum Gasteiger partial charge on any atom is 0.244 e. The van der Waals surface area contributed by atoms with Crippen molar-refractivity contribution in [3.05, 3.63) is 36.2 Å². The summed E-state index contributed by atoms with van der Waals surface area (Å²) < 4.78 is 28.5. The lowest BCUT2D eigenvalue weighted by molar-refractivity contribution is 0.287. The van der Waals surface area contributed by atoms with E-state index in [4.69, 9.17) is 0 Å². The van der Waals surface area contributed by atoms with Crippen molar-refractivity contribution < 1.29 is 8.42 Å². The van der Waals surface area contributed by atoms with Gasteiger partial charge in [-0.05, 0) is 45.4 Å². The molecule has 6 heteroatoms. The lowest BCUT2D eigenvalue weighted by Crippen LogP contribution is -2.45. The maximum atomic E-state index is 13.4. The summed E-state index contributed by atoms with van der Waals surface area (Å²) in [5.74, 6) is 0. The molecule has 1 aromatic carbocycles. The third-order valence-electron chi connectivity index (χ3n) is 4.54. The number of pyridine rings is 1. The average molecular weight is 333 g/mol. The monoisotopic (exact) mass is 333 g/mol. The van der Waals surface area contributed by atoms with E-state index in [1.807, 2.05) is 26.8 Å². The molecule has 0 radical (unpaired) electrons. The molecule has 1 fully saturated rings. The first-order valence-electron chi connectivity index (χ1n) is 8.00. The topological polar surface area (TPSA) is 62.3 Å². The van der Waals surface area contributed by atoms with Crippen LogP contribution in [-0.4, -0.2) is 42.9 Å². The molecule has 124 valence electrons. The highest BCUT2D eigenvalue weighted by Gasteiger charge is 2.35. The molecule has 2 aromatic rings. The second kappa shape index (κ2) is 6.19. The molecule has 2 unspecified atom stereocenters. The minimum Gasteiger partial charge on any atom is -0.315 e. The van der Waals surface area contributed by atoms with Crippen LogP contribution in [0.4, 0.5) is 0 Å². The van der Waals surface area contributed by atoms with Gasteiger partial charge in [-0.1, -0.05) is 12.1 Å². The van der Waals surface area contributed by atoms with Crippen LogP contribution >= 0.6 is 0 Å². The smallest absolute Gasteiger partial charge is 0.244 e. The number of benzene rings is 1. The molecule has 0 amide bonds. The van der Waals surface area contributed by atoms with Gasteiger partial charge in [-0.2, -0.15) is 4.31 Å². The summed E-state index contributed by atoms with van der Waals surface area (Å²) in [6.45, 7) is 7.38. The Morgan fingerprint density at radius 1 is 1.22 bits per heavy atom. The van der Waals surface area contributed by atoms with Crippen LogP contribution in [0.2, 0.25) is 0 Å². The van der Waals surface area contributed by atoms with Gasteiger partial charge in [0.15, 0.2) is 0 Å². The number of sulfonamides is 1. The van der Waals surface area contributed by atoms with Gasteiger partial charge in [0, 0.05) is 41.8 Å². The van der Waals surface area contributed by atoms with Crippen LogP contribution in [0.5, 0.6) is 0 Å². The highest BCUT2D eigenvalue weighted by Crippen LogP contribution is 2.30. The third kappa shape index (κ3) is 2.86. The Kier molecular flexibility index (Phi) is 4.40. The molecule has 1 aliphatic heterocycles. The molecule has 2 atom stereocenters. The van der Waals surface area contributed by atoms with E-state index in [1.54, 1.807) is 28.8 Å². The lowest BCUT2D eigenvalue weighted by atomic mass is 10.1. The van der Waals surface area contributed by atoms with E-state index < -0.39 is 10.0 Å². The fraction of sp³-hybridized carbons (Fsp3) is 0.471. The highest BCUT2D eigenvalue weighted by atomic mass is 32.2. The summed E-state index contributed by atoms with van der Waals surface area (Å²) >= 11 is 0. The second-order valence-corrected chi connectivity index (χ2v) is 8.15. The van der Waals surface area contributed by atoms with Crippen molar-refractivity contribution in [1.82, 2.24) is 14.6 Å². The lowest BCUT2D eigenvalue weighted by Gasteiger charge is -2.31. The minimum absolute atomic E-state index is 0.0256. The van der Waals surface area contributed by atoms with E-state index in [2.05, 4.69) is 10.3 Å². The summed E-state index contributed by atoms with van der Waals surface area (Å²) in [7, 11) is -3.57. The van der Waals surface area contributed by atoms with Crippen molar-refractivity contribution in [2.24, 2.45) is 0 Å². The quantitative estimate of drug-likeness (QED) is 0.916. The molecule has 3 rings (SSSR count). The summed E-state index contributed by atoms with van der Waals surface area (Å²) in [6.07, 6.45) is 4.26. The molecule has 23 heavy (non-hydrogen) atoms. The number of nitrogens with one attached hydrogen (secondary N) is 1. The van der Waals surface area contributed by atoms with Crippen LogP contribution in [-0.2, 0) is 10.0 Å². The number of aryl methyl sites for hydroxylation is 1. The van der Waals surface area contributed by atoms with Crippen LogP contribution in [0.25, 0.3) is 10.8 Å². The zero-order valence-corrected chi connectivity index (χ0v) is 14.6. The van der Waals surface area contributed by atoms with E-state index in [0.29, 0.717) is 11.4 Å². The van der Waals surface area contributed by atoms with Crippen molar-refractivity contribution >= 4 is 20.8 Å². The van der Waals surface area contributed by atoms with Crippen molar-refractivity contribution in [1.29, 1.82) is 0 Å². The fourth-order valence-corrected chi connectivity index (χ4v) is 5.59. The van der Waals surface area contributed by atoms with Crippen molar-refractivity contribution in [3.63, 3.8) is 0 Å². The molecule has 1 aromatic heterocycles. The van der Waals surface area contributed by atoms with Gasteiger partial charge in [-0.3, -0.25) is 4.98 Å². The number of nitrogens with zero attached hydrogens (tertiary/aromatic N) is 2. The molecule has 0 saturated carbocycles.